The van der Waals surface area contributed by atoms with E-state index in [9.17, 15) is 24.6 Å². The molecule has 370 valence electrons. The summed E-state index contributed by atoms with van der Waals surface area (Å²) in [5.41, 5.74) is 3.64. The van der Waals surface area contributed by atoms with Crippen LogP contribution in [0.2, 0.25) is 0 Å². The zero-order chi connectivity index (χ0) is 48.4. The van der Waals surface area contributed by atoms with Gasteiger partial charge in [-0.05, 0) is 126 Å². The Kier molecular flexibility index (Phi) is 14.9. The van der Waals surface area contributed by atoms with Crippen LogP contribution in [-0.2, 0) is 14.4 Å². The van der Waals surface area contributed by atoms with Gasteiger partial charge in [0, 0.05) is 80.4 Å². The first kappa shape index (κ1) is 48.9. The molecule has 69 heavy (non-hydrogen) atoms. The maximum atomic E-state index is 14.3. The summed E-state index contributed by atoms with van der Waals surface area (Å²) < 4.78 is 0. The van der Waals surface area contributed by atoms with Crippen LogP contribution in [0.4, 0.5) is 11.5 Å². The first-order chi connectivity index (χ1) is 33.2. The molecule has 15 nitrogen and oxygen atoms in total. The van der Waals surface area contributed by atoms with Gasteiger partial charge in [0.25, 0.3) is 0 Å². The highest BCUT2D eigenvalue weighted by Gasteiger charge is 2.45. The van der Waals surface area contributed by atoms with Crippen molar-refractivity contribution in [2.75, 3.05) is 75.7 Å². The number of hydrogen-bond donors (Lipinski definition) is 5. The maximum Gasteiger partial charge on any atom is 0.246 e. The van der Waals surface area contributed by atoms with Gasteiger partial charge < -0.3 is 45.8 Å². The van der Waals surface area contributed by atoms with Crippen LogP contribution in [-0.4, -0.2) is 165 Å². The average Bonchev–Trinajstić information content (AvgIpc) is 3.78. The molecule has 1 saturated carbocycles. The molecular formula is C54H74N10O5. The van der Waals surface area contributed by atoms with Crippen molar-refractivity contribution in [1.29, 1.82) is 0 Å². The lowest BCUT2D eigenvalue weighted by atomic mass is 9.82. The van der Waals surface area contributed by atoms with Crippen LogP contribution in [0, 0.1) is 23.7 Å². The second-order valence-electron chi connectivity index (χ2n) is 21.8. The zero-order valence-electron chi connectivity index (χ0n) is 41.2. The summed E-state index contributed by atoms with van der Waals surface area (Å²) in [6, 6.07) is 17.3. The Bertz CT molecular complexity index is 2330. The molecule has 0 bridgehead atoms. The summed E-state index contributed by atoms with van der Waals surface area (Å²) in [6.45, 7) is 16.3. The number of aromatic hydroxyl groups is 1. The van der Waals surface area contributed by atoms with E-state index in [0.29, 0.717) is 35.4 Å². The van der Waals surface area contributed by atoms with Gasteiger partial charge >= 0.3 is 0 Å². The second-order valence-corrected chi connectivity index (χ2v) is 21.8. The normalized spacial score (nSPS) is 26.3. The van der Waals surface area contributed by atoms with Gasteiger partial charge in [-0.1, -0.05) is 51.0 Å². The Labute approximate surface area is 408 Å². The number of phenolic OH excluding ortho intramolecular Hbond substituents is 1. The number of anilines is 2. The summed E-state index contributed by atoms with van der Waals surface area (Å²) in [4.78, 5) is 54.0. The van der Waals surface area contributed by atoms with E-state index in [0.717, 1.165) is 101 Å². The van der Waals surface area contributed by atoms with Crippen molar-refractivity contribution in [1.82, 2.24) is 40.4 Å². The number of aliphatic hydroxyl groups is 1. The molecule has 2 amide bonds. The molecule has 9 rings (SSSR count). The molecule has 5 atom stereocenters. The maximum absolute atomic E-state index is 14.3. The minimum Gasteiger partial charge on any atom is -0.507 e. The van der Waals surface area contributed by atoms with Crippen molar-refractivity contribution in [3.8, 4) is 29.4 Å². The molecule has 3 aromatic rings. The van der Waals surface area contributed by atoms with Gasteiger partial charge in [0.2, 0.25) is 11.8 Å². The number of piperidine rings is 2. The number of aromatic nitrogens is 2. The number of aliphatic hydroxyl groups excluding tert-OH is 1. The molecule has 5 N–H and O–H groups in total. The van der Waals surface area contributed by atoms with E-state index in [1.165, 1.54) is 30.6 Å². The fourth-order valence-corrected chi connectivity index (χ4v) is 12.2. The molecule has 1 aromatic heterocycles. The van der Waals surface area contributed by atoms with Crippen molar-refractivity contribution >= 4 is 29.1 Å². The molecule has 0 radical (unpaired) electrons. The summed E-state index contributed by atoms with van der Waals surface area (Å²) in [5.74, 6) is 2.93. The Hall–Kier alpha value is -5.11. The highest BCUT2D eigenvalue weighted by molar-refractivity contribution is 5.95. The van der Waals surface area contributed by atoms with E-state index < -0.39 is 23.6 Å². The number of carbonyl (C=O) groups excluding carboxylic acids is 3. The van der Waals surface area contributed by atoms with Gasteiger partial charge in [-0.2, -0.15) is 0 Å². The lowest BCUT2D eigenvalue weighted by Crippen LogP contribution is -2.61. The Morgan fingerprint density at radius 3 is 2.13 bits per heavy atom. The smallest absolute Gasteiger partial charge is 0.246 e. The number of benzene rings is 2. The molecule has 0 unspecified atom stereocenters. The topological polar surface area (TPSA) is 170 Å². The van der Waals surface area contributed by atoms with Crippen LogP contribution in [0.15, 0.2) is 54.6 Å². The lowest BCUT2D eigenvalue weighted by molar-refractivity contribution is -0.144. The molecule has 5 fully saturated rings. The number of fused-ring (bicyclic) bond motifs is 3. The number of amides is 2. The number of Topliss-reactive ketones (excluding diaryl/α,β-unsaturated/α-hetero) is 1. The van der Waals surface area contributed by atoms with E-state index in [1.807, 2.05) is 70.2 Å². The number of ketones is 1. The number of likely N-dealkylation sites (tertiary alicyclic amines) is 3. The van der Waals surface area contributed by atoms with Crippen LogP contribution in [0.25, 0.3) is 11.3 Å². The Morgan fingerprint density at radius 2 is 1.48 bits per heavy atom. The Balaban J connectivity index is 0.703. The first-order valence-electron chi connectivity index (χ1n) is 25.7. The summed E-state index contributed by atoms with van der Waals surface area (Å²) in [5, 5.41) is 40.1. The van der Waals surface area contributed by atoms with Crippen molar-refractivity contribution in [3.63, 3.8) is 0 Å². The van der Waals surface area contributed by atoms with Crippen LogP contribution in [0.5, 0.6) is 5.75 Å². The van der Waals surface area contributed by atoms with Gasteiger partial charge in [-0.3, -0.25) is 19.3 Å². The predicted molar refractivity (Wildman–Crippen MR) is 269 cm³/mol. The predicted octanol–water partition coefficient (Wildman–Crippen LogP) is 4.65. The van der Waals surface area contributed by atoms with E-state index in [4.69, 9.17) is 6.42 Å². The highest BCUT2D eigenvalue weighted by atomic mass is 16.3. The number of phenols is 1. The van der Waals surface area contributed by atoms with E-state index >= 15 is 0 Å². The van der Waals surface area contributed by atoms with Crippen molar-refractivity contribution in [2.24, 2.45) is 11.3 Å². The Morgan fingerprint density at radius 1 is 0.826 bits per heavy atom. The molecule has 6 aliphatic rings. The molecule has 0 spiro atoms. The molecule has 15 heteroatoms. The minimum atomic E-state index is -0.825. The van der Waals surface area contributed by atoms with Crippen LogP contribution in [0.3, 0.4) is 0 Å². The van der Waals surface area contributed by atoms with Crippen molar-refractivity contribution < 1.29 is 24.6 Å². The summed E-state index contributed by atoms with van der Waals surface area (Å²) >= 11 is 0. The van der Waals surface area contributed by atoms with Gasteiger partial charge in [0.1, 0.15) is 11.8 Å². The number of nitrogens with zero attached hydrogens (tertiary/aromatic N) is 7. The summed E-state index contributed by atoms with van der Waals surface area (Å²) in [7, 11) is 0. The minimum absolute atomic E-state index is 0.0445. The van der Waals surface area contributed by atoms with E-state index in [1.54, 1.807) is 6.07 Å². The SMILES string of the molecule is C#Cc1ccc([C@H](C)NCC(=O)[C@@H]2C[C@@H](O)CN2C(=O)[C@@H](NC(=O)[C@H]2CC[C@H](N3CCC(N4CCC(N5CCN6c7cc(-c8ccccc8O)nnc7NC[C@H]6C5)CC4)CC3)CC2)C(C)(C)C)cc1. The third-order valence-corrected chi connectivity index (χ3v) is 16.4. The van der Waals surface area contributed by atoms with Crippen LogP contribution >= 0.6 is 0 Å². The van der Waals surface area contributed by atoms with Gasteiger partial charge in [-0.25, -0.2) is 0 Å². The lowest BCUT2D eigenvalue weighted by Gasteiger charge is -2.50. The van der Waals surface area contributed by atoms with Gasteiger partial charge in [-0.15, -0.1) is 16.6 Å². The number of carbonyl (C=O) groups is 3. The fraction of sp³-hybridized carbons (Fsp3) is 0.611. The number of nitrogens with one attached hydrogen (secondary N) is 3. The van der Waals surface area contributed by atoms with Crippen LogP contribution < -0.4 is 20.9 Å². The van der Waals surface area contributed by atoms with Crippen molar-refractivity contribution in [3.05, 3.63) is 65.7 Å². The summed E-state index contributed by atoms with van der Waals surface area (Å²) in [6.07, 6.45) is 13.2. The molecule has 4 saturated heterocycles. The number of hydrogen-bond acceptors (Lipinski definition) is 13. The van der Waals surface area contributed by atoms with Crippen molar-refractivity contribution in [2.45, 2.75) is 134 Å². The molecule has 5 aliphatic heterocycles. The average molecular weight is 943 g/mol. The number of rotatable bonds is 12. The van der Waals surface area contributed by atoms with Gasteiger partial charge in [0.05, 0.1) is 36.1 Å². The zero-order valence-corrected chi connectivity index (χ0v) is 41.2. The number of para-hydroxylation sites is 1. The highest BCUT2D eigenvalue weighted by Crippen LogP contribution is 2.38. The third kappa shape index (κ3) is 11.0. The molecule has 2 aromatic carbocycles. The standard InChI is InChI=1S/C54H74N10O5/c1-6-36-11-13-37(14-12-36)35(2)55-32-49(67)46-29-43(65)34-64(46)53(69)50(54(3,4)5)57-52(68)38-15-17-39(18-16-38)60-23-19-40(20-24-60)61-25-21-41(22-26-61)62-27-28-63-42(33-62)31-56-51-47(63)30-45(58-59-51)44-9-7-8-10-48(44)66/h1,7-14,30,35,38-43,46,50,55,65-66H,15-29,31-34H2,2-5H3,(H,56,59)(H,57,68)/t35-,38-,39-,42-,43+,46-,50+/m0/s1. The monoisotopic (exact) mass is 943 g/mol. The number of terminal acetylenes is 1. The van der Waals surface area contributed by atoms with E-state index in [-0.39, 0.29) is 54.8 Å². The third-order valence-electron chi connectivity index (χ3n) is 16.4. The quantitative estimate of drug-likeness (QED) is 0.160. The molecule has 1 aliphatic carbocycles. The molecular weight excluding hydrogens is 869 g/mol. The number of β-amino-alcohol motifs (C(OH)–C–C–N with tert-alkyl or cyclic N) is 1. The molecule has 6 heterocycles. The largest absolute Gasteiger partial charge is 0.507 e. The van der Waals surface area contributed by atoms with Gasteiger partial charge in [0.15, 0.2) is 11.6 Å². The second kappa shape index (κ2) is 21.1. The van der Waals surface area contributed by atoms with Crippen LogP contribution in [0.1, 0.15) is 103 Å². The van der Waals surface area contributed by atoms with E-state index in [2.05, 4.69) is 57.7 Å². The first-order valence-corrected chi connectivity index (χ1v) is 25.7. The fourth-order valence-electron chi connectivity index (χ4n) is 12.2. The number of piperazine rings is 1.